The van der Waals surface area contributed by atoms with Gasteiger partial charge in [-0.1, -0.05) is 59.1 Å². The van der Waals surface area contributed by atoms with E-state index in [1.807, 2.05) is 0 Å². The third kappa shape index (κ3) is 6.59. The molecule has 1 aliphatic heterocycles. The number of thioether (sulfide) groups is 1. The van der Waals surface area contributed by atoms with Crippen LogP contribution in [-0.2, 0) is 16.2 Å². The maximum absolute atomic E-state index is 12.9. The van der Waals surface area contributed by atoms with E-state index in [2.05, 4.69) is 5.32 Å². The van der Waals surface area contributed by atoms with Gasteiger partial charge in [-0.05, 0) is 54.2 Å². The Morgan fingerprint density at radius 2 is 1.78 bits per heavy atom. The Labute approximate surface area is 232 Å². The predicted octanol–water partition coefficient (Wildman–Crippen LogP) is 6.91. The molecule has 1 saturated heterocycles. The number of methoxy groups -OCH3 is 1. The Bertz CT molecular complexity index is 1410. The topological polar surface area (TPSA) is 84.9 Å². The SMILES string of the molecule is COc1ccc(NC(=O)CN2C(=O)S/C(=C/c3ccccc3OCc3ccc(Cl)cc3Cl)C2=O)cc1Cl. The lowest BCUT2D eigenvalue weighted by atomic mass is 10.1. The van der Waals surface area contributed by atoms with Gasteiger partial charge in [0.25, 0.3) is 11.1 Å². The summed E-state index contributed by atoms with van der Waals surface area (Å²) in [6, 6.07) is 16.9. The summed E-state index contributed by atoms with van der Waals surface area (Å²) in [6.07, 6.45) is 1.56. The minimum atomic E-state index is -0.575. The molecule has 0 aliphatic carbocycles. The van der Waals surface area contributed by atoms with Crippen molar-refractivity contribution in [2.75, 3.05) is 19.0 Å². The van der Waals surface area contributed by atoms with Crippen LogP contribution in [0, 0.1) is 0 Å². The monoisotopic (exact) mass is 576 g/mol. The van der Waals surface area contributed by atoms with Gasteiger partial charge in [0.2, 0.25) is 5.91 Å². The highest BCUT2D eigenvalue weighted by Gasteiger charge is 2.36. The van der Waals surface area contributed by atoms with Crippen molar-refractivity contribution in [1.29, 1.82) is 0 Å². The molecule has 3 amide bonds. The molecule has 0 atom stereocenters. The van der Waals surface area contributed by atoms with Crippen LogP contribution in [0.15, 0.2) is 65.6 Å². The number of ether oxygens (including phenoxy) is 2. The average molecular weight is 578 g/mol. The Balaban J connectivity index is 1.44. The van der Waals surface area contributed by atoms with Gasteiger partial charge in [0.15, 0.2) is 0 Å². The molecule has 1 heterocycles. The van der Waals surface area contributed by atoms with Crippen molar-refractivity contribution in [3.63, 3.8) is 0 Å². The van der Waals surface area contributed by atoms with E-state index in [1.54, 1.807) is 60.7 Å². The summed E-state index contributed by atoms with van der Waals surface area (Å²) in [4.78, 5) is 39.0. The number of nitrogens with one attached hydrogen (secondary N) is 1. The Kier molecular flexibility index (Phi) is 8.66. The Morgan fingerprint density at radius 1 is 1.00 bits per heavy atom. The molecule has 11 heteroatoms. The molecule has 0 spiro atoms. The van der Waals surface area contributed by atoms with Gasteiger partial charge in [-0.25, -0.2) is 0 Å². The fourth-order valence-electron chi connectivity index (χ4n) is 3.39. The highest BCUT2D eigenvalue weighted by atomic mass is 35.5. The quantitative estimate of drug-likeness (QED) is 0.293. The van der Waals surface area contributed by atoms with Gasteiger partial charge in [-0.15, -0.1) is 0 Å². The van der Waals surface area contributed by atoms with Gasteiger partial charge in [0.05, 0.1) is 17.0 Å². The van der Waals surface area contributed by atoms with Crippen LogP contribution in [0.25, 0.3) is 6.08 Å². The summed E-state index contributed by atoms with van der Waals surface area (Å²) >= 11 is 19.0. The van der Waals surface area contributed by atoms with Gasteiger partial charge in [0.1, 0.15) is 24.7 Å². The number of rotatable bonds is 8. The van der Waals surface area contributed by atoms with E-state index in [1.165, 1.54) is 13.2 Å². The average Bonchev–Trinajstić information content (AvgIpc) is 3.11. The number of nitrogens with zero attached hydrogens (tertiary/aromatic N) is 1. The summed E-state index contributed by atoms with van der Waals surface area (Å²) in [6.45, 7) is -0.267. The molecule has 1 N–H and O–H groups in total. The van der Waals surface area contributed by atoms with Crippen molar-refractivity contribution in [3.05, 3.63) is 91.8 Å². The molecule has 3 aromatic carbocycles. The molecule has 0 bridgehead atoms. The number of hydrogen-bond donors (Lipinski definition) is 1. The predicted molar refractivity (Wildman–Crippen MR) is 147 cm³/mol. The van der Waals surface area contributed by atoms with Crippen LogP contribution in [0.1, 0.15) is 11.1 Å². The maximum Gasteiger partial charge on any atom is 0.294 e. The highest BCUT2D eigenvalue weighted by molar-refractivity contribution is 8.18. The first-order valence-corrected chi connectivity index (χ1v) is 12.7. The van der Waals surface area contributed by atoms with Crippen molar-refractivity contribution in [1.82, 2.24) is 4.90 Å². The zero-order chi connectivity index (χ0) is 26.5. The number of para-hydroxylation sites is 1. The minimum absolute atomic E-state index is 0.172. The zero-order valence-electron chi connectivity index (χ0n) is 19.3. The number of benzene rings is 3. The first-order chi connectivity index (χ1) is 17.7. The van der Waals surface area contributed by atoms with Crippen LogP contribution < -0.4 is 14.8 Å². The molecule has 37 heavy (non-hydrogen) atoms. The van der Waals surface area contributed by atoms with Crippen molar-refractivity contribution in [2.45, 2.75) is 6.61 Å². The van der Waals surface area contributed by atoms with Crippen LogP contribution in [0.2, 0.25) is 15.1 Å². The van der Waals surface area contributed by atoms with Gasteiger partial charge >= 0.3 is 0 Å². The fourth-order valence-corrected chi connectivity index (χ4v) is 4.94. The van der Waals surface area contributed by atoms with Gasteiger partial charge in [-0.3, -0.25) is 19.3 Å². The molecular weight excluding hydrogens is 559 g/mol. The molecule has 1 fully saturated rings. The first-order valence-electron chi connectivity index (χ1n) is 10.8. The lowest BCUT2D eigenvalue weighted by Gasteiger charge is -2.13. The molecule has 0 saturated carbocycles. The second-order valence-electron chi connectivity index (χ2n) is 7.73. The molecule has 1 aliphatic rings. The number of imide groups is 1. The van der Waals surface area contributed by atoms with E-state index in [4.69, 9.17) is 44.3 Å². The van der Waals surface area contributed by atoms with Crippen molar-refractivity contribution >= 4 is 75.4 Å². The second-order valence-corrected chi connectivity index (χ2v) is 9.97. The van der Waals surface area contributed by atoms with E-state index in [0.717, 1.165) is 22.2 Å². The van der Waals surface area contributed by atoms with Crippen LogP contribution in [0.5, 0.6) is 11.5 Å². The summed E-state index contributed by atoms with van der Waals surface area (Å²) < 4.78 is 11.0. The second kappa shape index (κ2) is 11.9. The zero-order valence-corrected chi connectivity index (χ0v) is 22.4. The molecule has 4 rings (SSSR count). The van der Waals surface area contributed by atoms with Crippen LogP contribution in [0.4, 0.5) is 10.5 Å². The van der Waals surface area contributed by atoms with Gasteiger partial charge < -0.3 is 14.8 Å². The molecule has 190 valence electrons. The van der Waals surface area contributed by atoms with E-state index < -0.39 is 23.6 Å². The van der Waals surface area contributed by atoms with E-state index in [-0.39, 0.29) is 11.5 Å². The number of hydrogen-bond acceptors (Lipinski definition) is 6. The number of anilines is 1. The third-order valence-corrected chi connectivity index (χ3v) is 7.00. The molecule has 0 unspecified atom stereocenters. The summed E-state index contributed by atoms with van der Waals surface area (Å²) in [5.74, 6) is -0.174. The van der Waals surface area contributed by atoms with Crippen LogP contribution in [-0.4, -0.2) is 35.6 Å². The smallest absolute Gasteiger partial charge is 0.294 e. The van der Waals surface area contributed by atoms with E-state index >= 15 is 0 Å². The summed E-state index contributed by atoms with van der Waals surface area (Å²) in [5, 5.41) is 3.38. The van der Waals surface area contributed by atoms with Crippen molar-refractivity contribution in [3.8, 4) is 11.5 Å². The lowest BCUT2D eigenvalue weighted by molar-refractivity contribution is -0.127. The van der Waals surface area contributed by atoms with E-state index in [9.17, 15) is 14.4 Å². The Morgan fingerprint density at radius 3 is 2.51 bits per heavy atom. The van der Waals surface area contributed by atoms with E-state index in [0.29, 0.717) is 37.8 Å². The largest absolute Gasteiger partial charge is 0.495 e. The fraction of sp³-hybridized carbons (Fsp3) is 0.115. The van der Waals surface area contributed by atoms with Crippen molar-refractivity contribution in [2.24, 2.45) is 0 Å². The third-order valence-electron chi connectivity index (χ3n) is 5.21. The number of halogens is 3. The summed E-state index contributed by atoms with van der Waals surface area (Å²) in [5.41, 5.74) is 1.74. The number of amides is 3. The molecule has 0 radical (unpaired) electrons. The lowest BCUT2D eigenvalue weighted by Crippen LogP contribution is -2.36. The molecule has 0 aromatic heterocycles. The van der Waals surface area contributed by atoms with Crippen LogP contribution >= 0.6 is 46.6 Å². The number of carbonyl (C=O) groups is 3. The molecular formula is C26H19Cl3N2O5S. The standard InChI is InChI=1S/C26H19Cl3N2O5S/c1-35-22-9-8-18(12-20(22)29)30-24(32)13-31-25(33)23(37-26(31)34)10-15-4-2-3-5-21(15)36-14-16-6-7-17(27)11-19(16)28/h2-12H,13-14H2,1H3,(H,30,32)/b23-10+. The minimum Gasteiger partial charge on any atom is -0.495 e. The molecule has 3 aromatic rings. The summed E-state index contributed by atoms with van der Waals surface area (Å²) in [7, 11) is 1.48. The Hall–Kier alpha value is -3.17. The van der Waals surface area contributed by atoms with Crippen molar-refractivity contribution < 1.29 is 23.9 Å². The maximum atomic E-state index is 12.9. The normalized spacial score (nSPS) is 14.3. The molecule has 7 nitrogen and oxygen atoms in total. The number of carbonyl (C=O) groups excluding carboxylic acids is 3. The van der Waals surface area contributed by atoms with Gasteiger partial charge in [-0.2, -0.15) is 0 Å². The van der Waals surface area contributed by atoms with Crippen LogP contribution in [0.3, 0.4) is 0 Å². The highest BCUT2D eigenvalue weighted by Crippen LogP contribution is 2.34. The first kappa shape index (κ1) is 26.9. The van der Waals surface area contributed by atoms with Gasteiger partial charge in [0, 0.05) is 26.9 Å².